The van der Waals surface area contributed by atoms with Gasteiger partial charge in [-0.15, -0.1) is 0 Å². The average Bonchev–Trinajstić information content (AvgIpc) is 2.42. The summed E-state index contributed by atoms with van der Waals surface area (Å²) >= 11 is 0. The molecule has 0 aliphatic heterocycles. The van der Waals surface area contributed by atoms with Crippen LogP contribution < -0.4 is 10.1 Å². The highest BCUT2D eigenvalue weighted by atomic mass is 32.2. The molecule has 0 saturated carbocycles. The van der Waals surface area contributed by atoms with Gasteiger partial charge in [-0.05, 0) is 31.5 Å². The molecule has 6 nitrogen and oxygen atoms in total. The zero-order chi connectivity index (χ0) is 16.8. The molecule has 0 fully saturated rings. The lowest BCUT2D eigenvalue weighted by atomic mass is 10.1. The van der Waals surface area contributed by atoms with Gasteiger partial charge in [0.25, 0.3) is 0 Å². The molecule has 0 aliphatic carbocycles. The van der Waals surface area contributed by atoms with Gasteiger partial charge >= 0.3 is 0 Å². The number of rotatable bonds is 8. The molecule has 1 aromatic carbocycles. The number of sulfonamides is 1. The molecule has 1 amide bonds. The fourth-order valence-electron chi connectivity index (χ4n) is 2.10. The van der Waals surface area contributed by atoms with Crippen molar-refractivity contribution < 1.29 is 17.9 Å². The second kappa shape index (κ2) is 8.14. The number of nitrogens with zero attached hydrogens (tertiary/aromatic N) is 1. The van der Waals surface area contributed by atoms with E-state index in [0.29, 0.717) is 6.54 Å². The van der Waals surface area contributed by atoms with E-state index in [2.05, 4.69) is 5.32 Å². The van der Waals surface area contributed by atoms with Crippen LogP contribution in [0.3, 0.4) is 0 Å². The summed E-state index contributed by atoms with van der Waals surface area (Å²) < 4.78 is 29.6. The standard InChI is InChI=1S/C15H24N2O4S/c1-12(2)17(22(4,19)20)10-9-16-15(18)11-13-5-7-14(21-3)8-6-13/h5-8,12H,9-11H2,1-4H3,(H,16,18). The molecule has 0 bridgehead atoms. The van der Waals surface area contributed by atoms with Crippen LogP contribution in [0, 0.1) is 0 Å². The van der Waals surface area contributed by atoms with E-state index in [9.17, 15) is 13.2 Å². The normalized spacial score (nSPS) is 11.7. The van der Waals surface area contributed by atoms with Crippen LogP contribution in [0.25, 0.3) is 0 Å². The van der Waals surface area contributed by atoms with E-state index < -0.39 is 10.0 Å². The van der Waals surface area contributed by atoms with Crippen LogP contribution in [0.1, 0.15) is 19.4 Å². The Balaban J connectivity index is 2.45. The largest absolute Gasteiger partial charge is 0.497 e. The minimum Gasteiger partial charge on any atom is -0.497 e. The zero-order valence-electron chi connectivity index (χ0n) is 13.5. The van der Waals surface area contributed by atoms with Crippen LogP contribution in [0.5, 0.6) is 5.75 Å². The number of nitrogens with one attached hydrogen (secondary N) is 1. The van der Waals surface area contributed by atoms with Gasteiger partial charge in [0.1, 0.15) is 5.75 Å². The molecule has 1 aromatic rings. The highest BCUT2D eigenvalue weighted by Gasteiger charge is 2.19. The third kappa shape index (κ3) is 6.03. The summed E-state index contributed by atoms with van der Waals surface area (Å²) in [7, 11) is -1.67. The summed E-state index contributed by atoms with van der Waals surface area (Å²) in [5.41, 5.74) is 0.877. The highest BCUT2D eigenvalue weighted by Crippen LogP contribution is 2.11. The number of carbonyl (C=O) groups excluding carboxylic acids is 1. The molecule has 0 heterocycles. The van der Waals surface area contributed by atoms with Gasteiger partial charge in [-0.25, -0.2) is 8.42 Å². The van der Waals surface area contributed by atoms with E-state index >= 15 is 0 Å². The Kier molecular flexibility index (Phi) is 6.83. The molecule has 0 unspecified atom stereocenters. The molecule has 22 heavy (non-hydrogen) atoms. The number of benzene rings is 1. The summed E-state index contributed by atoms with van der Waals surface area (Å²) in [4.78, 5) is 11.9. The molecule has 0 saturated heterocycles. The Hall–Kier alpha value is -1.60. The molecule has 124 valence electrons. The molecule has 0 atom stereocenters. The van der Waals surface area contributed by atoms with Gasteiger partial charge in [-0.1, -0.05) is 12.1 Å². The maximum atomic E-state index is 11.9. The number of methoxy groups -OCH3 is 1. The van der Waals surface area contributed by atoms with Gasteiger partial charge in [-0.3, -0.25) is 4.79 Å². The van der Waals surface area contributed by atoms with E-state index in [-0.39, 0.29) is 24.9 Å². The number of hydrogen-bond donors (Lipinski definition) is 1. The van der Waals surface area contributed by atoms with Crippen LogP contribution in [0.2, 0.25) is 0 Å². The molecule has 0 radical (unpaired) electrons. The second-order valence-electron chi connectivity index (χ2n) is 5.34. The first kappa shape index (κ1) is 18.4. The first-order valence-corrected chi connectivity index (χ1v) is 8.95. The van der Waals surface area contributed by atoms with Crippen molar-refractivity contribution in [2.75, 3.05) is 26.5 Å². The van der Waals surface area contributed by atoms with Gasteiger partial charge in [0.2, 0.25) is 15.9 Å². The number of amides is 1. The van der Waals surface area contributed by atoms with Crippen molar-refractivity contribution in [2.45, 2.75) is 26.3 Å². The molecule has 0 spiro atoms. The van der Waals surface area contributed by atoms with Crippen molar-refractivity contribution >= 4 is 15.9 Å². The topological polar surface area (TPSA) is 75.7 Å². The maximum Gasteiger partial charge on any atom is 0.224 e. The van der Waals surface area contributed by atoms with Crippen LogP contribution >= 0.6 is 0 Å². The lowest BCUT2D eigenvalue weighted by Crippen LogP contribution is -2.42. The Labute approximate surface area is 132 Å². The van der Waals surface area contributed by atoms with E-state index in [0.717, 1.165) is 11.3 Å². The van der Waals surface area contributed by atoms with E-state index in [1.165, 1.54) is 10.6 Å². The minimum absolute atomic E-state index is 0.131. The predicted molar refractivity (Wildman–Crippen MR) is 86.4 cm³/mol. The Morgan fingerprint density at radius 1 is 1.27 bits per heavy atom. The van der Waals surface area contributed by atoms with Crippen molar-refractivity contribution in [2.24, 2.45) is 0 Å². The third-order valence-corrected chi connectivity index (χ3v) is 4.64. The second-order valence-corrected chi connectivity index (χ2v) is 7.28. The van der Waals surface area contributed by atoms with Crippen LogP contribution in [-0.4, -0.2) is 51.1 Å². The Bertz CT molecular complexity index is 582. The number of carbonyl (C=O) groups is 1. The van der Waals surface area contributed by atoms with Crippen molar-refractivity contribution in [1.82, 2.24) is 9.62 Å². The fourth-order valence-corrected chi connectivity index (χ4v) is 3.29. The number of ether oxygens (including phenoxy) is 1. The van der Waals surface area contributed by atoms with Gasteiger partial charge in [0.15, 0.2) is 0 Å². The highest BCUT2D eigenvalue weighted by molar-refractivity contribution is 7.88. The van der Waals surface area contributed by atoms with Crippen molar-refractivity contribution in [1.29, 1.82) is 0 Å². The fraction of sp³-hybridized carbons (Fsp3) is 0.533. The van der Waals surface area contributed by atoms with E-state index in [1.807, 2.05) is 12.1 Å². The lowest BCUT2D eigenvalue weighted by Gasteiger charge is -2.23. The predicted octanol–water partition coefficient (Wildman–Crippen LogP) is 1.02. The summed E-state index contributed by atoms with van der Waals surface area (Å²) in [5, 5.41) is 2.74. The maximum absolute atomic E-state index is 11.9. The van der Waals surface area contributed by atoms with Crippen LogP contribution in [-0.2, 0) is 21.2 Å². The molecular weight excluding hydrogens is 304 g/mol. The third-order valence-electron chi connectivity index (χ3n) is 3.18. The Morgan fingerprint density at radius 3 is 2.32 bits per heavy atom. The Morgan fingerprint density at radius 2 is 1.86 bits per heavy atom. The van der Waals surface area contributed by atoms with Gasteiger partial charge in [0, 0.05) is 19.1 Å². The quantitative estimate of drug-likeness (QED) is 0.773. The van der Waals surface area contributed by atoms with Crippen molar-refractivity contribution in [3.8, 4) is 5.75 Å². The molecule has 1 rings (SSSR count). The molecule has 0 aliphatic rings. The van der Waals surface area contributed by atoms with Gasteiger partial charge < -0.3 is 10.1 Å². The SMILES string of the molecule is COc1ccc(CC(=O)NCCN(C(C)C)S(C)(=O)=O)cc1. The first-order valence-electron chi connectivity index (χ1n) is 7.10. The molecule has 1 N–H and O–H groups in total. The van der Waals surface area contributed by atoms with Crippen LogP contribution in [0.4, 0.5) is 0 Å². The van der Waals surface area contributed by atoms with Crippen molar-refractivity contribution in [3.63, 3.8) is 0 Å². The van der Waals surface area contributed by atoms with Crippen LogP contribution in [0.15, 0.2) is 24.3 Å². The summed E-state index contributed by atoms with van der Waals surface area (Å²) in [6.45, 7) is 4.17. The average molecular weight is 328 g/mol. The van der Waals surface area contributed by atoms with Gasteiger partial charge in [-0.2, -0.15) is 4.31 Å². The first-order chi connectivity index (χ1) is 10.2. The smallest absolute Gasteiger partial charge is 0.224 e. The van der Waals surface area contributed by atoms with E-state index in [4.69, 9.17) is 4.74 Å². The molecular formula is C15H24N2O4S. The molecule has 0 aromatic heterocycles. The van der Waals surface area contributed by atoms with Crippen molar-refractivity contribution in [3.05, 3.63) is 29.8 Å². The number of hydrogen-bond acceptors (Lipinski definition) is 4. The summed E-state index contributed by atoms with van der Waals surface area (Å²) in [6.07, 6.45) is 1.43. The minimum atomic E-state index is -3.26. The van der Waals surface area contributed by atoms with Gasteiger partial charge in [0.05, 0.1) is 19.8 Å². The molecule has 7 heteroatoms. The summed E-state index contributed by atoms with van der Waals surface area (Å²) in [5.74, 6) is 0.604. The summed E-state index contributed by atoms with van der Waals surface area (Å²) in [6, 6.07) is 7.12. The lowest BCUT2D eigenvalue weighted by molar-refractivity contribution is -0.120. The monoisotopic (exact) mass is 328 g/mol. The van der Waals surface area contributed by atoms with E-state index in [1.54, 1.807) is 33.1 Å². The zero-order valence-corrected chi connectivity index (χ0v) is 14.3.